The first-order valence-corrected chi connectivity index (χ1v) is 7.42. The molecule has 0 amide bonds. The van der Waals surface area contributed by atoms with Crippen molar-refractivity contribution < 1.29 is 13.3 Å². The lowest BCUT2D eigenvalue weighted by Gasteiger charge is -2.10. The fourth-order valence-electron chi connectivity index (χ4n) is 1.66. The number of benzene rings is 1. The van der Waals surface area contributed by atoms with Crippen molar-refractivity contribution in [2.45, 2.75) is 11.8 Å². The predicted molar refractivity (Wildman–Crippen MR) is 75.7 cm³/mol. The Hall–Kier alpha value is -2.26. The average Bonchev–Trinajstić information content (AvgIpc) is 2.41. The lowest BCUT2D eigenvalue weighted by atomic mass is 10.2. The topological polar surface area (TPSA) is 115 Å². The van der Waals surface area contributed by atoms with Gasteiger partial charge in [0.05, 0.1) is 9.82 Å². The van der Waals surface area contributed by atoms with Crippen LogP contribution in [0.4, 0.5) is 11.5 Å². The van der Waals surface area contributed by atoms with Gasteiger partial charge in [-0.1, -0.05) is 17.7 Å². The van der Waals surface area contributed by atoms with Gasteiger partial charge < -0.3 is 0 Å². The summed E-state index contributed by atoms with van der Waals surface area (Å²) in [4.78, 5) is 17.4. The number of nitro groups is 1. The second-order valence-electron chi connectivity index (χ2n) is 3.96. The fraction of sp³-hybridized carbons (Fsp3) is 0.0909. The molecule has 0 bridgehead atoms. The number of rotatable bonds is 4. The molecule has 1 aromatic carbocycles. The van der Waals surface area contributed by atoms with Crippen molar-refractivity contribution in [2.24, 2.45) is 0 Å². The largest absolute Gasteiger partial charge is 0.273 e. The molecule has 0 radical (unpaired) electrons. The molecule has 1 heterocycles. The second kappa shape index (κ2) is 5.62. The molecule has 0 saturated heterocycles. The van der Waals surface area contributed by atoms with Gasteiger partial charge >= 0.3 is 0 Å². The van der Waals surface area contributed by atoms with Crippen molar-refractivity contribution in [3.63, 3.8) is 0 Å². The molecule has 8 nitrogen and oxygen atoms in total. The molecule has 1 aromatic heterocycles. The molecular formula is C11H9ClN4O4S. The van der Waals surface area contributed by atoms with Crippen LogP contribution in [-0.4, -0.2) is 23.3 Å². The van der Waals surface area contributed by atoms with E-state index in [1.54, 1.807) is 0 Å². The molecule has 1 N–H and O–H groups in total. The number of anilines is 1. The number of halogens is 1. The van der Waals surface area contributed by atoms with Crippen LogP contribution in [0.25, 0.3) is 0 Å². The maximum Gasteiger partial charge on any atom is 0.273 e. The standard InChI is InChI=1S/C11H9ClN4O4S/c1-7-8(16(17)18)3-2-4-9(7)21(19,20)15-11-10(12)13-5-6-14-11/h2-6H,1H3,(H,14,15). The molecule has 0 aliphatic heterocycles. The average molecular weight is 329 g/mol. The summed E-state index contributed by atoms with van der Waals surface area (Å²) >= 11 is 5.73. The monoisotopic (exact) mass is 328 g/mol. The number of hydrogen-bond acceptors (Lipinski definition) is 6. The summed E-state index contributed by atoms with van der Waals surface area (Å²) in [6.45, 7) is 1.35. The van der Waals surface area contributed by atoms with Gasteiger partial charge in [-0.2, -0.15) is 0 Å². The first kappa shape index (κ1) is 15.1. The minimum Gasteiger partial charge on any atom is -0.261 e. The summed E-state index contributed by atoms with van der Waals surface area (Å²) in [5.41, 5.74) is -0.266. The van der Waals surface area contributed by atoms with Crippen LogP contribution in [-0.2, 0) is 10.0 Å². The molecule has 0 saturated carbocycles. The van der Waals surface area contributed by atoms with Crippen LogP contribution in [0, 0.1) is 17.0 Å². The molecule has 0 atom stereocenters. The first-order valence-electron chi connectivity index (χ1n) is 5.56. The smallest absolute Gasteiger partial charge is 0.261 e. The Morgan fingerprint density at radius 3 is 2.57 bits per heavy atom. The van der Waals surface area contributed by atoms with Crippen LogP contribution in [0.3, 0.4) is 0 Å². The van der Waals surface area contributed by atoms with Gasteiger partial charge in [-0.05, 0) is 13.0 Å². The zero-order valence-electron chi connectivity index (χ0n) is 10.6. The number of nitrogens with one attached hydrogen (secondary N) is 1. The van der Waals surface area contributed by atoms with E-state index < -0.39 is 14.9 Å². The van der Waals surface area contributed by atoms with E-state index in [1.807, 2.05) is 0 Å². The number of aromatic nitrogens is 2. The van der Waals surface area contributed by atoms with Gasteiger partial charge in [0.2, 0.25) is 0 Å². The van der Waals surface area contributed by atoms with Crippen LogP contribution in [0.15, 0.2) is 35.5 Å². The summed E-state index contributed by atoms with van der Waals surface area (Å²) in [5, 5.41) is 10.7. The molecule has 2 rings (SSSR count). The van der Waals surface area contributed by atoms with E-state index in [9.17, 15) is 18.5 Å². The summed E-state index contributed by atoms with van der Waals surface area (Å²) in [5.74, 6) is -0.148. The quantitative estimate of drug-likeness (QED) is 0.679. The zero-order valence-corrected chi connectivity index (χ0v) is 12.2. The molecule has 21 heavy (non-hydrogen) atoms. The van der Waals surface area contributed by atoms with Gasteiger partial charge in [0, 0.05) is 24.0 Å². The molecule has 0 spiro atoms. The summed E-state index contributed by atoms with van der Waals surface area (Å²) in [6, 6.07) is 3.77. The van der Waals surface area contributed by atoms with Crippen molar-refractivity contribution in [3.05, 3.63) is 51.4 Å². The van der Waals surface area contributed by atoms with Crippen molar-refractivity contribution in [2.75, 3.05) is 4.72 Å². The zero-order chi connectivity index (χ0) is 15.6. The van der Waals surface area contributed by atoms with E-state index >= 15 is 0 Å². The second-order valence-corrected chi connectivity index (χ2v) is 5.97. The maximum atomic E-state index is 12.3. The highest BCUT2D eigenvalue weighted by Crippen LogP contribution is 2.27. The van der Waals surface area contributed by atoms with Crippen LogP contribution < -0.4 is 4.72 Å². The minimum atomic E-state index is -4.06. The molecule has 0 unspecified atom stereocenters. The van der Waals surface area contributed by atoms with E-state index in [2.05, 4.69) is 14.7 Å². The Balaban J connectivity index is 2.48. The highest BCUT2D eigenvalue weighted by Gasteiger charge is 2.24. The third-order valence-corrected chi connectivity index (χ3v) is 4.39. The van der Waals surface area contributed by atoms with Crippen LogP contribution in [0.5, 0.6) is 0 Å². The molecular weight excluding hydrogens is 320 g/mol. The molecule has 2 aromatic rings. The van der Waals surface area contributed by atoms with Crippen molar-refractivity contribution in [1.29, 1.82) is 0 Å². The molecule has 0 aliphatic rings. The van der Waals surface area contributed by atoms with E-state index in [0.717, 1.165) is 0 Å². The SMILES string of the molecule is Cc1c([N+](=O)[O-])cccc1S(=O)(=O)Nc1nccnc1Cl. The highest BCUT2D eigenvalue weighted by atomic mass is 35.5. The molecule has 10 heteroatoms. The number of hydrogen-bond donors (Lipinski definition) is 1. The van der Waals surface area contributed by atoms with Crippen LogP contribution >= 0.6 is 11.6 Å². The third-order valence-electron chi connectivity index (χ3n) is 2.63. The van der Waals surface area contributed by atoms with Crippen molar-refractivity contribution in [1.82, 2.24) is 9.97 Å². The van der Waals surface area contributed by atoms with Crippen LogP contribution in [0.1, 0.15) is 5.56 Å². The lowest BCUT2D eigenvalue weighted by Crippen LogP contribution is -2.16. The van der Waals surface area contributed by atoms with Gasteiger partial charge in [-0.15, -0.1) is 0 Å². The normalized spacial score (nSPS) is 11.1. The fourth-order valence-corrected chi connectivity index (χ4v) is 3.15. The predicted octanol–water partition coefficient (Wildman–Crippen LogP) is 2.15. The van der Waals surface area contributed by atoms with Gasteiger partial charge in [0.25, 0.3) is 15.7 Å². The number of nitro benzene ring substituents is 1. The Kier molecular flexibility index (Phi) is 4.05. The molecule has 0 fully saturated rings. The number of nitrogens with zero attached hydrogens (tertiary/aromatic N) is 3. The first-order chi connectivity index (χ1) is 9.83. The Morgan fingerprint density at radius 2 is 1.95 bits per heavy atom. The van der Waals surface area contributed by atoms with Gasteiger partial charge in [0.15, 0.2) is 11.0 Å². The third kappa shape index (κ3) is 3.09. The summed E-state index contributed by atoms with van der Waals surface area (Å²) < 4.78 is 26.7. The highest BCUT2D eigenvalue weighted by molar-refractivity contribution is 7.92. The van der Waals surface area contributed by atoms with E-state index in [0.29, 0.717) is 0 Å². The molecule has 110 valence electrons. The van der Waals surface area contributed by atoms with Gasteiger partial charge in [0.1, 0.15) is 0 Å². The van der Waals surface area contributed by atoms with E-state index in [1.165, 1.54) is 37.5 Å². The lowest BCUT2D eigenvalue weighted by molar-refractivity contribution is -0.385. The maximum absolute atomic E-state index is 12.3. The van der Waals surface area contributed by atoms with Crippen LogP contribution in [0.2, 0.25) is 5.15 Å². The van der Waals surface area contributed by atoms with Gasteiger partial charge in [-0.25, -0.2) is 18.4 Å². The Labute approximate surface area is 125 Å². The van der Waals surface area contributed by atoms with E-state index in [-0.39, 0.29) is 27.1 Å². The van der Waals surface area contributed by atoms with Crippen molar-refractivity contribution in [3.8, 4) is 0 Å². The minimum absolute atomic E-state index is 0.0232. The number of sulfonamides is 1. The van der Waals surface area contributed by atoms with Crippen molar-refractivity contribution >= 4 is 33.1 Å². The Bertz CT molecular complexity index is 810. The summed E-state index contributed by atoms with van der Waals surface area (Å²) in [7, 11) is -4.06. The molecule has 0 aliphatic carbocycles. The van der Waals surface area contributed by atoms with E-state index in [4.69, 9.17) is 11.6 Å². The summed E-state index contributed by atoms with van der Waals surface area (Å²) in [6.07, 6.45) is 2.57. The van der Waals surface area contributed by atoms with Gasteiger partial charge in [-0.3, -0.25) is 14.8 Å². The Morgan fingerprint density at radius 1 is 1.29 bits per heavy atom.